The van der Waals surface area contributed by atoms with Crippen LogP contribution in [0.5, 0.6) is 0 Å². The van der Waals surface area contributed by atoms with Gasteiger partial charge >= 0.3 is 5.97 Å². The number of ether oxygens (including phenoxy) is 1. The smallest absolute Gasteiger partial charge is 0.335 e. The minimum absolute atomic E-state index is 0.00750. The Kier molecular flexibility index (Phi) is 5.67. The number of carbonyl (C=O) groups is 1. The summed E-state index contributed by atoms with van der Waals surface area (Å²) in [6.07, 6.45) is 0. The third-order valence-electron chi connectivity index (χ3n) is 2.82. The van der Waals surface area contributed by atoms with E-state index in [1.165, 1.54) is 6.07 Å². The van der Waals surface area contributed by atoms with Crippen LogP contribution in [-0.4, -0.2) is 50.2 Å². The second kappa shape index (κ2) is 6.83. The number of aliphatic hydroxyl groups excluding tert-OH is 1. The molecule has 0 saturated heterocycles. The van der Waals surface area contributed by atoms with Gasteiger partial charge in [-0.25, -0.2) is 13.2 Å². The van der Waals surface area contributed by atoms with Crippen molar-refractivity contribution in [3.63, 3.8) is 0 Å². The molecule has 0 heterocycles. The van der Waals surface area contributed by atoms with Gasteiger partial charge in [-0.3, -0.25) is 0 Å². The second-order valence-corrected chi connectivity index (χ2v) is 6.47. The van der Waals surface area contributed by atoms with Crippen LogP contribution in [0.4, 0.5) is 0 Å². The molecule has 112 valence electrons. The number of sulfone groups is 1. The van der Waals surface area contributed by atoms with Crippen molar-refractivity contribution < 1.29 is 28.2 Å². The zero-order valence-electron chi connectivity index (χ0n) is 11.4. The van der Waals surface area contributed by atoms with Crippen molar-refractivity contribution in [1.82, 2.24) is 0 Å². The molecule has 0 atom stereocenters. The molecular formula is C13H18O6S. The number of aryl methyl sites for hydroxylation is 2. The number of hydrogen-bond donors (Lipinski definition) is 2. The Morgan fingerprint density at radius 1 is 1.20 bits per heavy atom. The Labute approximate surface area is 117 Å². The fraction of sp³-hybridized carbons (Fsp3) is 0.462. The summed E-state index contributed by atoms with van der Waals surface area (Å²) in [5, 5.41) is 17.6. The lowest BCUT2D eigenvalue weighted by atomic mass is 10.1. The predicted octanol–water partition coefficient (Wildman–Crippen LogP) is 0.784. The van der Waals surface area contributed by atoms with E-state index < -0.39 is 15.8 Å². The molecule has 0 aliphatic heterocycles. The highest BCUT2D eigenvalue weighted by Crippen LogP contribution is 2.21. The Morgan fingerprint density at radius 2 is 1.85 bits per heavy atom. The van der Waals surface area contributed by atoms with Crippen molar-refractivity contribution in [2.75, 3.05) is 25.6 Å². The minimum atomic E-state index is -3.61. The molecule has 0 amide bonds. The zero-order chi connectivity index (χ0) is 15.3. The van der Waals surface area contributed by atoms with Gasteiger partial charge in [-0.05, 0) is 31.0 Å². The molecule has 0 radical (unpaired) electrons. The Balaban J connectivity index is 3.05. The number of aliphatic hydroxyl groups is 1. The van der Waals surface area contributed by atoms with E-state index >= 15 is 0 Å². The molecule has 1 aromatic carbocycles. The third-order valence-corrected chi connectivity index (χ3v) is 4.63. The van der Waals surface area contributed by atoms with E-state index in [0.29, 0.717) is 11.1 Å². The molecule has 0 aromatic heterocycles. The van der Waals surface area contributed by atoms with Crippen LogP contribution in [0.15, 0.2) is 17.0 Å². The van der Waals surface area contributed by atoms with Gasteiger partial charge in [0.05, 0.1) is 36.0 Å². The highest BCUT2D eigenvalue weighted by Gasteiger charge is 2.20. The number of benzene rings is 1. The molecule has 6 nitrogen and oxygen atoms in total. The van der Waals surface area contributed by atoms with E-state index in [1.807, 2.05) is 0 Å². The van der Waals surface area contributed by atoms with E-state index in [1.54, 1.807) is 19.9 Å². The first kappa shape index (κ1) is 16.6. The van der Waals surface area contributed by atoms with E-state index in [2.05, 4.69) is 0 Å². The summed E-state index contributed by atoms with van der Waals surface area (Å²) >= 11 is 0. The van der Waals surface area contributed by atoms with Crippen molar-refractivity contribution >= 4 is 15.8 Å². The first-order chi connectivity index (χ1) is 9.29. The van der Waals surface area contributed by atoms with E-state index in [-0.39, 0.29) is 36.0 Å². The van der Waals surface area contributed by atoms with E-state index in [0.717, 1.165) is 0 Å². The van der Waals surface area contributed by atoms with Crippen molar-refractivity contribution in [3.8, 4) is 0 Å². The summed E-state index contributed by atoms with van der Waals surface area (Å²) in [6.45, 7) is 3.10. The summed E-state index contributed by atoms with van der Waals surface area (Å²) < 4.78 is 29.3. The van der Waals surface area contributed by atoms with E-state index in [4.69, 9.17) is 14.9 Å². The van der Waals surface area contributed by atoms with Gasteiger partial charge in [0.2, 0.25) is 0 Å². The Bertz CT molecular complexity index is 591. The van der Waals surface area contributed by atoms with Gasteiger partial charge in [0, 0.05) is 0 Å². The largest absolute Gasteiger partial charge is 0.478 e. The average molecular weight is 302 g/mol. The third kappa shape index (κ3) is 4.03. The number of aromatic carboxylic acids is 1. The molecule has 0 saturated carbocycles. The minimum Gasteiger partial charge on any atom is -0.478 e. The zero-order valence-corrected chi connectivity index (χ0v) is 12.2. The lowest BCUT2D eigenvalue weighted by Gasteiger charge is -2.11. The lowest BCUT2D eigenvalue weighted by molar-refractivity contribution is 0.0696. The van der Waals surface area contributed by atoms with Crippen LogP contribution in [0.1, 0.15) is 21.5 Å². The maximum absolute atomic E-state index is 12.2. The topological polar surface area (TPSA) is 101 Å². The fourth-order valence-electron chi connectivity index (χ4n) is 1.84. The van der Waals surface area contributed by atoms with Gasteiger partial charge in [0.1, 0.15) is 0 Å². The van der Waals surface area contributed by atoms with Crippen molar-refractivity contribution in [2.45, 2.75) is 18.7 Å². The molecule has 7 heteroatoms. The summed E-state index contributed by atoms with van der Waals surface area (Å²) in [6, 6.07) is 2.74. The molecule has 2 N–H and O–H groups in total. The molecule has 20 heavy (non-hydrogen) atoms. The second-order valence-electron chi connectivity index (χ2n) is 4.39. The van der Waals surface area contributed by atoms with Crippen LogP contribution < -0.4 is 0 Å². The first-order valence-electron chi connectivity index (χ1n) is 6.05. The SMILES string of the molecule is Cc1cc(C)c(S(=O)(=O)CCOCCO)cc1C(=O)O. The summed E-state index contributed by atoms with van der Waals surface area (Å²) in [7, 11) is -3.61. The van der Waals surface area contributed by atoms with Gasteiger partial charge in [0.15, 0.2) is 9.84 Å². The molecule has 0 bridgehead atoms. The van der Waals surface area contributed by atoms with Crippen LogP contribution >= 0.6 is 0 Å². The van der Waals surface area contributed by atoms with Crippen molar-refractivity contribution in [1.29, 1.82) is 0 Å². The van der Waals surface area contributed by atoms with Crippen LogP contribution in [0, 0.1) is 13.8 Å². The number of hydrogen-bond acceptors (Lipinski definition) is 5. The van der Waals surface area contributed by atoms with Crippen LogP contribution in [-0.2, 0) is 14.6 Å². The number of rotatable bonds is 7. The maximum atomic E-state index is 12.2. The highest BCUT2D eigenvalue weighted by molar-refractivity contribution is 7.91. The molecule has 0 unspecified atom stereocenters. The number of carboxylic acid groups (broad SMARTS) is 1. The molecule has 1 aromatic rings. The summed E-state index contributed by atoms with van der Waals surface area (Å²) in [5.74, 6) is -1.41. The van der Waals surface area contributed by atoms with Crippen LogP contribution in [0.25, 0.3) is 0 Å². The van der Waals surface area contributed by atoms with Crippen molar-refractivity contribution in [2.24, 2.45) is 0 Å². The lowest BCUT2D eigenvalue weighted by Crippen LogP contribution is -2.16. The normalized spacial score (nSPS) is 11.6. The Morgan fingerprint density at radius 3 is 2.40 bits per heavy atom. The first-order valence-corrected chi connectivity index (χ1v) is 7.70. The van der Waals surface area contributed by atoms with Crippen LogP contribution in [0.3, 0.4) is 0 Å². The molecule has 0 spiro atoms. The molecule has 0 aliphatic rings. The van der Waals surface area contributed by atoms with Crippen LogP contribution in [0.2, 0.25) is 0 Å². The number of carboxylic acids is 1. The molecule has 1 rings (SSSR count). The highest BCUT2D eigenvalue weighted by atomic mass is 32.2. The quantitative estimate of drug-likeness (QED) is 0.722. The molecule has 0 aliphatic carbocycles. The van der Waals surface area contributed by atoms with Gasteiger partial charge in [-0.15, -0.1) is 0 Å². The average Bonchev–Trinajstić information content (AvgIpc) is 2.33. The molecular weight excluding hydrogens is 284 g/mol. The van der Waals surface area contributed by atoms with E-state index in [9.17, 15) is 13.2 Å². The predicted molar refractivity (Wildman–Crippen MR) is 72.8 cm³/mol. The van der Waals surface area contributed by atoms with Gasteiger partial charge < -0.3 is 14.9 Å². The fourth-order valence-corrected chi connectivity index (χ4v) is 3.25. The van der Waals surface area contributed by atoms with Gasteiger partial charge in [-0.2, -0.15) is 0 Å². The molecule has 0 fully saturated rings. The van der Waals surface area contributed by atoms with Crippen molar-refractivity contribution in [3.05, 3.63) is 28.8 Å². The van der Waals surface area contributed by atoms with Gasteiger partial charge in [0.25, 0.3) is 0 Å². The Hall–Kier alpha value is -1.44. The standard InChI is InChI=1S/C13H18O6S/c1-9-7-10(2)12(8-11(9)13(15)16)20(17,18)6-5-19-4-3-14/h7-8,14H,3-6H2,1-2H3,(H,15,16). The summed E-state index contributed by atoms with van der Waals surface area (Å²) in [4.78, 5) is 11.1. The monoisotopic (exact) mass is 302 g/mol. The van der Waals surface area contributed by atoms with Gasteiger partial charge in [-0.1, -0.05) is 6.07 Å². The maximum Gasteiger partial charge on any atom is 0.335 e. The summed E-state index contributed by atoms with van der Waals surface area (Å²) in [5.41, 5.74) is 1.01.